The number of alkyl halides is 3. The predicted octanol–water partition coefficient (Wildman–Crippen LogP) is 1.75. The molecule has 1 aromatic rings. The van der Waals surface area contributed by atoms with Crippen LogP contribution in [0, 0.1) is 0 Å². The lowest BCUT2D eigenvalue weighted by molar-refractivity contribution is -0.174. The highest BCUT2D eigenvalue weighted by atomic mass is 19.4. The van der Waals surface area contributed by atoms with Crippen LogP contribution < -0.4 is 5.32 Å². The summed E-state index contributed by atoms with van der Waals surface area (Å²) in [5.41, 5.74) is 0.713. The van der Waals surface area contributed by atoms with Crippen molar-refractivity contribution < 1.29 is 17.9 Å². The number of nitrogens with zero attached hydrogens (tertiary/aromatic N) is 3. The summed E-state index contributed by atoms with van der Waals surface area (Å²) in [6.45, 7) is 5.62. The SMILES string of the molecule is CC(C)(C)NCc1cn(CCOCC(F)(F)F)nn1. The average molecular weight is 280 g/mol. The van der Waals surface area contributed by atoms with Crippen LogP contribution in [-0.4, -0.2) is 39.9 Å². The van der Waals surface area contributed by atoms with Crippen LogP contribution in [0.15, 0.2) is 6.20 Å². The van der Waals surface area contributed by atoms with Gasteiger partial charge < -0.3 is 10.1 Å². The number of rotatable bonds is 6. The van der Waals surface area contributed by atoms with Gasteiger partial charge in [-0.15, -0.1) is 5.10 Å². The molecule has 0 amide bonds. The van der Waals surface area contributed by atoms with E-state index in [1.807, 2.05) is 20.8 Å². The minimum Gasteiger partial charge on any atom is -0.370 e. The Kier molecular flexibility index (Phi) is 5.30. The smallest absolute Gasteiger partial charge is 0.370 e. The topological polar surface area (TPSA) is 52.0 Å². The maximum Gasteiger partial charge on any atom is 0.411 e. The summed E-state index contributed by atoms with van der Waals surface area (Å²) < 4.78 is 41.5. The van der Waals surface area contributed by atoms with E-state index >= 15 is 0 Å². The minimum atomic E-state index is -4.29. The van der Waals surface area contributed by atoms with Crippen molar-refractivity contribution in [1.82, 2.24) is 20.3 Å². The molecule has 0 aliphatic carbocycles. The Hall–Kier alpha value is -1.15. The molecular weight excluding hydrogens is 261 g/mol. The van der Waals surface area contributed by atoms with Gasteiger partial charge in [0.2, 0.25) is 0 Å². The van der Waals surface area contributed by atoms with Crippen molar-refractivity contribution in [1.29, 1.82) is 0 Å². The molecule has 1 N–H and O–H groups in total. The van der Waals surface area contributed by atoms with Crippen LogP contribution in [0.3, 0.4) is 0 Å². The minimum absolute atomic E-state index is 0.0282. The molecule has 0 atom stereocenters. The summed E-state index contributed by atoms with van der Waals surface area (Å²) in [5.74, 6) is 0. The van der Waals surface area contributed by atoms with E-state index in [0.29, 0.717) is 6.54 Å². The first-order chi connectivity index (χ1) is 8.66. The third-order valence-electron chi connectivity index (χ3n) is 2.12. The van der Waals surface area contributed by atoms with E-state index in [2.05, 4.69) is 20.4 Å². The zero-order valence-electron chi connectivity index (χ0n) is 11.3. The molecule has 0 fully saturated rings. The lowest BCUT2D eigenvalue weighted by atomic mass is 10.1. The van der Waals surface area contributed by atoms with Gasteiger partial charge in [-0.2, -0.15) is 13.2 Å². The summed E-state index contributed by atoms with van der Waals surface area (Å²) in [7, 11) is 0. The molecule has 0 unspecified atom stereocenters. The molecule has 5 nitrogen and oxygen atoms in total. The van der Waals surface area contributed by atoms with E-state index in [9.17, 15) is 13.2 Å². The number of halogens is 3. The number of ether oxygens (including phenoxy) is 1. The molecule has 0 aliphatic rings. The van der Waals surface area contributed by atoms with E-state index < -0.39 is 12.8 Å². The second-order valence-electron chi connectivity index (χ2n) is 5.24. The van der Waals surface area contributed by atoms with E-state index in [1.165, 1.54) is 4.68 Å². The van der Waals surface area contributed by atoms with E-state index in [1.54, 1.807) is 6.20 Å². The molecular formula is C11H19F3N4O. The molecule has 1 aromatic heterocycles. The lowest BCUT2D eigenvalue weighted by Gasteiger charge is -2.19. The Bertz CT molecular complexity index is 384. The zero-order valence-corrected chi connectivity index (χ0v) is 11.3. The van der Waals surface area contributed by atoms with Crippen molar-refractivity contribution in [3.63, 3.8) is 0 Å². The predicted molar refractivity (Wildman–Crippen MR) is 63.5 cm³/mol. The van der Waals surface area contributed by atoms with Crippen molar-refractivity contribution in [2.75, 3.05) is 13.2 Å². The standard InChI is InChI=1S/C11H19F3N4O/c1-10(2,3)15-6-9-7-18(17-16-9)4-5-19-8-11(12,13)14/h7,15H,4-6,8H2,1-3H3. The molecule has 0 radical (unpaired) electrons. The van der Waals surface area contributed by atoms with Gasteiger partial charge in [-0.25, -0.2) is 4.68 Å². The molecule has 0 saturated heterocycles. The number of aromatic nitrogens is 3. The van der Waals surface area contributed by atoms with Gasteiger partial charge in [-0.05, 0) is 20.8 Å². The van der Waals surface area contributed by atoms with Crippen molar-refractivity contribution in [3.05, 3.63) is 11.9 Å². The Balaban J connectivity index is 2.27. The van der Waals surface area contributed by atoms with Crippen molar-refractivity contribution in [2.45, 2.75) is 45.6 Å². The summed E-state index contributed by atoms with van der Waals surface area (Å²) in [6, 6.07) is 0. The fraction of sp³-hybridized carbons (Fsp3) is 0.818. The highest BCUT2D eigenvalue weighted by molar-refractivity contribution is 4.92. The van der Waals surface area contributed by atoms with Crippen LogP contribution in [-0.2, 0) is 17.8 Å². The Morgan fingerprint density at radius 3 is 2.58 bits per heavy atom. The van der Waals surface area contributed by atoms with Gasteiger partial charge in [0.05, 0.1) is 18.8 Å². The Labute approximate surface area is 110 Å². The summed E-state index contributed by atoms with van der Waals surface area (Å²) in [6.07, 6.45) is -2.60. The van der Waals surface area contributed by atoms with Crippen molar-refractivity contribution in [2.24, 2.45) is 0 Å². The maximum atomic E-state index is 11.8. The molecule has 8 heteroatoms. The normalized spacial score (nSPS) is 12.9. The van der Waals surface area contributed by atoms with Crippen LogP contribution in [0.4, 0.5) is 13.2 Å². The summed E-state index contributed by atoms with van der Waals surface area (Å²) in [4.78, 5) is 0. The molecule has 0 saturated carbocycles. The number of hydrogen-bond donors (Lipinski definition) is 1. The van der Waals surface area contributed by atoms with Crippen LogP contribution >= 0.6 is 0 Å². The molecule has 0 spiro atoms. The van der Waals surface area contributed by atoms with Gasteiger partial charge in [-0.1, -0.05) is 5.21 Å². The van der Waals surface area contributed by atoms with Crippen LogP contribution in [0.25, 0.3) is 0 Å². The first kappa shape index (κ1) is 15.9. The molecule has 19 heavy (non-hydrogen) atoms. The summed E-state index contributed by atoms with van der Waals surface area (Å²) >= 11 is 0. The third kappa shape index (κ3) is 7.78. The fourth-order valence-corrected chi connectivity index (χ4v) is 1.23. The van der Waals surface area contributed by atoms with Crippen LogP contribution in [0.2, 0.25) is 0 Å². The van der Waals surface area contributed by atoms with Crippen molar-refractivity contribution >= 4 is 0 Å². The average Bonchev–Trinajstić information content (AvgIpc) is 2.67. The van der Waals surface area contributed by atoms with Crippen molar-refractivity contribution in [3.8, 4) is 0 Å². The highest BCUT2D eigenvalue weighted by Gasteiger charge is 2.27. The maximum absolute atomic E-state index is 11.8. The molecule has 0 aliphatic heterocycles. The quantitative estimate of drug-likeness (QED) is 0.807. The lowest BCUT2D eigenvalue weighted by Crippen LogP contribution is -2.35. The van der Waals surface area contributed by atoms with Gasteiger partial charge in [-0.3, -0.25) is 0 Å². The molecule has 1 rings (SSSR count). The second-order valence-corrected chi connectivity index (χ2v) is 5.24. The van der Waals surface area contributed by atoms with Crippen LogP contribution in [0.5, 0.6) is 0 Å². The monoisotopic (exact) mass is 280 g/mol. The fourth-order valence-electron chi connectivity index (χ4n) is 1.23. The van der Waals surface area contributed by atoms with Gasteiger partial charge in [0.15, 0.2) is 0 Å². The number of hydrogen-bond acceptors (Lipinski definition) is 4. The second kappa shape index (κ2) is 6.33. The van der Waals surface area contributed by atoms with Crippen LogP contribution in [0.1, 0.15) is 26.5 Å². The Morgan fingerprint density at radius 2 is 2.00 bits per heavy atom. The van der Waals surface area contributed by atoms with E-state index in [4.69, 9.17) is 0 Å². The first-order valence-corrected chi connectivity index (χ1v) is 5.94. The van der Waals surface area contributed by atoms with Gasteiger partial charge in [0.1, 0.15) is 6.61 Å². The molecule has 0 bridgehead atoms. The van der Waals surface area contributed by atoms with Gasteiger partial charge >= 0.3 is 6.18 Å². The first-order valence-electron chi connectivity index (χ1n) is 5.94. The zero-order chi connectivity index (χ0) is 14.5. The third-order valence-corrected chi connectivity index (χ3v) is 2.12. The van der Waals surface area contributed by atoms with Gasteiger partial charge in [0, 0.05) is 18.3 Å². The number of nitrogens with one attached hydrogen (secondary N) is 1. The molecule has 110 valence electrons. The van der Waals surface area contributed by atoms with E-state index in [0.717, 1.165) is 5.69 Å². The molecule has 1 heterocycles. The Morgan fingerprint density at radius 1 is 1.32 bits per heavy atom. The van der Waals surface area contributed by atoms with E-state index in [-0.39, 0.29) is 18.7 Å². The van der Waals surface area contributed by atoms with Gasteiger partial charge in [0.25, 0.3) is 0 Å². The highest BCUT2D eigenvalue weighted by Crippen LogP contribution is 2.14. The molecule has 0 aromatic carbocycles. The summed E-state index contributed by atoms with van der Waals surface area (Å²) in [5, 5.41) is 11.0. The largest absolute Gasteiger partial charge is 0.411 e.